The van der Waals surface area contributed by atoms with E-state index in [0.29, 0.717) is 37.5 Å². The first-order chi connectivity index (χ1) is 15.3. The predicted molar refractivity (Wildman–Crippen MR) is 131 cm³/mol. The Morgan fingerprint density at radius 2 is 1.81 bits per heavy atom. The van der Waals surface area contributed by atoms with E-state index in [1.54, 1.807) is 12.1 Å². The lowest BCUT2D eigenvalue weighted by Gasteiger charge is -2.29. The second-order valence-corrected chi connectivity index (χ2v) is 9.24. The molecule has 7 heteroatoms. The summed E-state index contributed by atoms with van der Waals surface area (Å²) < 4.78 is 0. The number of ketones is 2. The number of Topliss-reactive ketones (excluding diaryl/α,β-unsaturated/α-hetero) is 2. The van der Waals surface area contributed by atoms with E-state index in [1.807, 2.05) is 31.2 Å². The Bertz CT molecular complexity index is 1180. The summed E-state index contributed by atoms with van der Waals surface area (Å²) in [5.74, 6) is -0.603. The van der Waals surface area contributed by atoms with Crippen LogP contribution in [0.2, 0.25) is 10.0 Å². The standard InChI is InChI=1S/C25H22Cl2N2O2S/c1-4-16-5-7-17(8-6-16)24-19(12-28)25(29-14(2)23(24)15(3)30)32-13-22(31)18-9-10-20(26)21(27)11-18/h5-11,24,29H,4,13H2,1-3H3/t24-/m1/s1. The Kier molecular flexibility index (Phi) is 7.84. The van der Waals surface area contributed by atoms with Gasteiger partial charge < -0.3 is 5.32 Å². The van der Waals surface area contributed by atoms with Gasteiger partial charge in [-0.15, -0.1) is 0 Å². The molecule has 0 amide bonds. The number of dihydropyridines is 1. The highest BCUT2D eigenvalue weighted by Crippen LogP contribution is 2.41. The monoisotopic (exact) mass is 484 g/mol. The highest BCUT2D eigenvalue weighted by Gasteiger charge is 2.33. The lowest BCUT2D eigenvalue weighted by atomic mass is 9.81. The molecule has 4 nitrogen and oxygen atoms in total. The molecule has 0 aliphatic carbocycles. The molecule has 2 aromatic carbocycles. The fourth-order valence-electron chi connectivity index (χ4n) is 3.66. The minimum atomic E-state index is -0.479. The number of carbonyl (C=O) groups excluding carboxylic acids is 2. The highest BCUT2D eigenvalue weighted by atomic mass is 35.5. The normalized spacial score (nSPS) is 15.9. The Morgan fingerprint density at radius 3 is 2.38 bits per heavy atom. The first-order valence-corrected chi connectivity index (χ1v) is 11.8. The van der Waals surface area contributed by atoms with Crippen molar-refractivity contribution in [2.24, 2.45) is 0 Å². The smallest absolute Gasteiger partial charge is 0.173 e. The zero-order valence-electron chi connectivity index (χ0n) is 18.0. The minimum absolute atomic E-state index is 0.0942. The molecule has 3 rings (SSSR count). The van der Waals surface area contributed by atoms with Crippen molar-refractivity contribution in [3.05, 3.63) is 91.1 Å². The van der Waals surface area contributed by atoms with Gasteiger partial charge in [0.1, 0.15) is 0 Å². The molecule has 0 bridgehead atoms. The van der Waals surface area contributed by atoms with E-state index in [9.17, 15) is 14.9 Å². The average molecular weight is 485 g/mol. The fraction of sp³-hybridized carbons (Fsp3) is 0.240. The van der Waals surface area contributed by atoms with Gasteiger partial charge in [0.05, 0.1) is 38.4 Å². The number of nitrogens with zero attached hydrogens (tertiary/aromatic N) is 1. The number of halogens is 2. The summed E-state index contributed by atoms with van der Waals surface area (Å²) in [6.45, 7) is 5.40. The zero-order valence-corrected chi connectivity index (χ0v) is 20.3. The number of nitriles is 1. The summed E-state index contributed by atoms with van der Waals surface area (Å²) in [4.78, 5) is 25.2. The number of nitrogens with one attached hydrogen (secondary N) is 1. The second-order valence-electron chi connectivity index (χ2n) is 7.44. The van der Waals surface area contributed by atoms with Crippen LogP contribution in [0.15, 0.2) is 64.3 Å². The molecule has 0 aromatic heterocycles. The maximum absolute atomic E-state index is 12.7. The van der Waals surface area contributed by atoms with Crippen LogP contribution in [0.5, 0.6) is 0 Å². The van der Waals surface area contributed by atoms with Gasteiger partial charge in [-0.05, 0) is 49.6 Å². The molecule has 1 aliphatic rings. The Balaban J connectivity index is 1.94. The molecular formula is C25H22Cl2N2O2S. The number of carbonyl (C=O) groups is 2. The second kappa shape index (κ2) is 10.4. The third kappa shape index (κ3) is 5.10. The van der Waals surface area contributed by atoms with Gasteiger partial charge in [-0.25, -0.2) is 0 Å². The van der Waals surface area contributed by atoms with Gasteiger partial charge >= 0.3 is 0 Å². The van der Waals surface area contributed by atoms with E-state index in [0.717, 1.165) is 12.0 Å². The van der Waals surface area contributed by atoms with Crippen molar-refractivity contribution in [1.82, 2.24) is 5.32 Å². The quantitative estimate of drug-likeness (QED) is 0.456. The molecule has 32 heavy (non-hydrogen) atoms. The maximum atomic E-state index is 12.7. The molecule has 0 saturated heterocycles. The van der Waals surface area contributed by atoms with Gasteiger partial charge in [0.2, 0.25) is 0 Å². The largest absolute Gasteiger partial charge is 0.353 e. The molecular weight excluding hydrogens is 463 g/mol. The Hall–Kier alpha value is -2.52. The lowest BCUT2D eigenvalue weighted by Crippen LogP contribution is -2.27. The summed E-state index contributed by atoms with van der Waals surface area (Å²) in [6.07, 6.45) is 0.903. The first kappa shape index (κ1) is 24.1. The average Bonchev–Trinajstić information content (AvgIpc) is 2.78. The van der Waals surface area contributed by atoms with E-state index in [4.69, 9.17) is 23.2 Å². The third-order valence-corrected chi connectivity index (χ3v) is 7.09. The van der Waals surface area contributed by atoms with Crippen LogP contribution in [0.3, 0.4) is 0 Å². The van der Waals surface area contributed by atoms with Crippen LogP contribution >= 0.6 is 35.0 Å². The number of thioether (sulfide) groups is 1. The van der Waals surface area contributed by atoms with E-state index in [2.05, 4.69) is 18.3 Å². The number of hydrogen-bond donors (Lipinski definition) is 1. The van der Waals surface area contributed by atoms with Crippen molar-refractivity contribution in [2.45, 2.75) is 33.1 Å². The van der Waals surface area contributed by atoms with E-state index < -0.39 is 5.92 Å². The van der Waals surface area contributed by atoms with Gasteiger partial charge in [-0.3, -0.25) is 9.59 Å². The molecule has 1 heterocycles. The predicted octanol–water partition coefficient (Wildman–Crippen LogP) is 6.46. The molecule has 0 fully saturated rings. The SMILES string of the molecule is CCc1ccc([C@@H]2C(C#N)=C(SCC(=O)c3ccc(Cl)c(Cl)c3)NC(C)=C2C(C)=O)cc1. The van der Waals surface area contributed by atoms with Crippen molar-refractivity contribution in [2.75, 3.05) is 5.75 Å². The maximum Gasteiger partial charge on any atom is 0.173 e. The fourth-order valence-corrected chi connectivity index (χ4v) is 4.95. The molecule has 1 aliphatic heterocycles. The van der Waals surface area contributed by atoms with Crippen LogP contribution < -0.4 is 5.32 Å². The van der Waals surface area contributed by atoms with Crippen LogP contribution in [0.25, 0.3) is 0 Å². The van der Waals surface area contributed by atoms with Crippen LogP contribution in [0, 0.1) is 11.3 Å². The van der Waals surface area contributed by atoms with Crippen LogP contribution in [-0.4, -0.2) is 17.3 Å². The van der Waals surface area contributed by atoms with Gasteiger partial charge in [-0.2, -0.15) is 5.26 Å². The molecule has 2 aromatic rings. The van der Waals surface area contributed by atoms with E-state index in [-0.39, 0.29) is 17.3 Å². The summed E-state index contributed by atoms with van der Waals surface area (Å²) in [7, 11) is 0. The summed E-state index contributed by atoms with van der Waals surface area (Å²) in [5.41, 5.74) is 4.18. The molecule has 1 atom stereocenters. The number of hydrogen-bond acceptors (Lipinski definition) is 5. The Labute approximate surface area is 202 Å². The third-order valence-electron chi connectivity index (χ3n) is 5.34. The van der Waals surface area contributed by atoms with Crippen LogP contribution in [0.4, 0.5) is 0 Å². The minimum Gasteiger partial charge on any atom is -0.353 e. The van der Waals surface area contributed by atoms with Gasteiger partial charge in [0.15, 0.2) is 11.6 Å². The molecule has 0 unspecified atom stereocenters. The summed E-state index contributed by atoms with van der Waals surface area (Å²) >= 11 is 13.2. The van der Waals surface area contributed by atoms with Crippen LogP contribution in [0.1, 0.15) is 48.2 Å². The Morgan fingerprint density at radius 1 is 1.12 bits per heavy atom. The topological polar surface area (TPSA) is 70.0 Å². The summed E-state index contributed by atoms with van der Waals surface area (Å²) in [6, 6.07) is 15.0. The van der Waals surface area contributed by atoms with Gasteiger partial charge in [0.25, 0.3) is 0 Å². The number of aryl methyl sites for hydroxylation is 1. The van der Waals surface area contributed by atoms with Crippen molar-refractivity contribution in [3.8, 4) is 6.07 Å². The molecule has 1 N–H and O–H groups in total. The first-order valence-electron chi connectivity index (χ1n) is 10.1. The molecule has 0 spiro atoms. The van der Waals surface area contributed by atoms with Crippen molar-refractivity contribution in [1.29, 1.82) is 5.26 Å². The molecule has 0 saturated carbocycles. The van der Waals surface area contributed by atoms with Crippen molar-refractivity contribution >= 4 is 46.5 Å². The number of benzene rings is 2. The molecule has 0 radical (unpaired) electrons. The van der Waals surface area contributed by atoms with E-state index >= 15 is 0 Å². The van der Waals surface area contributed by atoms with Crippen molar-refractivity contribution in [3.63, 3.8) is 0 Å². The number of rotatable bonds is 7. The highest BCUT2D eigenvalue weighted by molar-refractivity contribution is 8.03. The molecule has 164 valence electrons. The van der Waals surface area contributed by atoms with Crippen LogP contribution in [-0.2, 0) is 11.2 Å². The number of allylic oxidation sites excluding steroid dienone is 3. The van der Waals surface area contributed by atoms with Gasteiger partial charge in [0, 0.05) is 16.8 Å². The summed E-state index contributed by atoms with van der Waals surface area (Å²) in [5, 5.41) is 14.5. The lowest BCUT2D eigenvalue weighted by molar-refractivity contribution is -0.113. The van der Waals surface area contributed by atoms with Crippen molar-refractivity contribution < 1.29 is 9.59 Å². The zero-order chi connectivity index (χ0) is 23.4. The van der Waals surface area contributed by atoms with Gasteiger partial charge in [-0.1, -0.05) is 66.2 Å². The van der Waals surface area contributed by atoms with E-state index in [1.165, 1.54) is 30.3 Å².